The first-order chi connectivity index (χ1) is 9.08. The number of hydrogen-bond acceptors (Lipinski definition) is 5. The van der Waals surface area contributed by atoms with Gasteiger partial charge in [0.05, 0.1) is 22.3 Å². The molecule has 0 fully saturated rings. The highest BCUT2D eigenvalue weighted by Crippen LogP contribution is 2.28. The van der Waals surface area contributed by atoms with Crippen molar-refractivity contribution in [3.63, 3.8) is 0 Å². The van der Waals surface area contributed by atoms with Crippen molar-refractivity contribution in [3.05, 3.63) is 57.5 Å². The molecule has 6 nitrogen and oxygen atoms in total. The molecule has 2 aromatic rings. The lowest BCUT2D eigenvalue weighted by Crippen LogP contribution is -2.11. The van der Waals surface area contributed by atoms with Crippen molar-refractivity contribution in [1.82, 2.24) is 0 Å². The molecule has 1 aromatic carbocycles. The standard InChI is InChI=1S/C12H8ClNO5/c13-9-4-3-8(14(16)17)6-12(9)19-7-10(15)11-2-1-5-18-11/h1-6H,7H2. The average Bonchev–Trinajstić information content (AvgIpc) is 2.91. The number of halogens is 1. The van der Waals surface area contributed by atoms with Crippen LogP contribution in [0.2, 0.25) is 5.02 Å². The first-order valence-corrected chi connectivity index (χ1v) is 5.59. The molecular formula is C12H8ClNO5. The fourth-order valence-corrected chi connectivity index (χ4v) is 1.54. The zero-order valence-corrected chi connectivity index (χ0v) is 10.3. The van der Waals surface area contributed by atoms with Crippen LogP contribution in [0.4, 0.5) is 5.69 Å². The fourth-order valence-electron chi connectivity index (χ4n) is 1.37. The van der Waals surface area contributed by atoms with Gasteiger partial charge in [-0.15, -0.1) is 0 Å². The van der Waals surface area contributed by atoms with Crippen molar-refractivity contribution < 1.29 is 18.9 Å². The second kappa shape index (κ2) is 5.53. The van der Waals surface area contributed by atoms with E-state index in [1.165, 1.54) is 24.5 Å². The monoisotopic (exact) mass is 281 g/mol. The van der Waals surface area contributed by atoms with Crippen LogP contribution in [0.3, 0.4) is 0 Å². The van der Waals surface area contributed by atoms with Gasteiger partial charge in [0, 0.05) is 6.07 Å². The smallest absolute Gasteiger partial charge is 0.273 e. The lowest BCUT2D eigenvalue weighted by atomic mass is 10.3. The molecule has 98 valence electrons. The van der Waals surface area contributed by atoms with E-state index in [0.29, 0.717) is 0 Å². The van der Waals surface area contributed by atoms with E-state index < -0.39 is 4.92 Å². The summed E-state index contributed by atoms with van der Waals surface area (Å²) in [7, 11) is 0. The molecule has 0 N–H and O–H groups in total. The van der Waals surface area contributed by atoms with Crippen LogP contribution < -0.4 is 4.74 Å². The molecule has 0 aliphatic heterocycles. The number of nitro benzene ring substituents is 1. The van der Waals surface area contributed by atoms with E-state index in [1.807, 2.05) is 0 Å². The molecule has 0 unspecified atom stereocenters. The molecule has 1 aromatic heterocycles. The maximum absolute atomic E-state index is 11.6. The SMILES string of the molecule is O=C(COc1cc([N+](=O)[O-])ccc1Cl)c1ccco1. The molecule has 0 spiro atoms. The third-order valence-corrected chi connectivity index (χ3v) is 2.59. The molecule has 0 amide bonds. The Labute approximate surface area is 112 Å². The second-order valence-electron chi connectivity index (χ2n) is 3.56. The fraction of sp³-hybridized carbons (Fsp3) is 0.0833. The van der Waals surface area contributed by atoms with E-state index >= 15 is 0 Å². The minimum atomic E-state index is -0.572. The summed E-state index contributed by atoms with van der Waals surface area (Å²) in [5, 5.41) is 10.8. The Morgan fingerprint density at radius 2 is 2.21 bits per heavy atom. The van der Waals surface area contributed by atoms with E-state index in [4.69, 9.17) is 20.8 Å². The maximum atomic E-state index is 11.6. The van der Waals surface area contributed by atoms with Gasteiger partial charge in [0.15, 0.2) is 12.4 Å². The predicted molar refractivity (Wildman–Crippen MR) is 66.6 cm³/mol. The highest BCUT2D eigenvalue weighted by molar-refractivity contribution is 6.32. The van der Waals surface area contributed by atoms with E-state index in [0.717, 1.165) is 6.07 Å². The minimum absolute atomic E-state index is 0.0794. The van der Waals surface area contributed by atoms with E-state index in [-0.39, 0.29) is 34.6 Å². The number of furan rings is 1. The number of hydrogen-bond donors (Lipinski definition) is 0. The molecular weight excluding hydrogens is 274 g/mol. The van der Waals surface area contributed by atoms with Gasteiger partial charge in [-0.25, -0.2) is 0 Å². The molecule has 2 rings (SSSR count). The number of ketones is 1. The maximum Gasteiger partial charge on any atom is 0.273 e. The third kappa shape index (κ3) is 3.11. The van der Waals surface area contributed by atoms with Crippen LogP contribution in [-0.2, 0) is 0 Å². The van der Waals surface area contributed by atoms with Gasteiger partial charge in [0.25, 0.3) is 5.69 Å². The number of carbonyl (C=O) groups excluding carboxylic acids is 1. The number of nitro groups is 1. The molecule has 1 heterocycles. The molecule has 0 saturated carbocycles. The summed E-state index contributed by atoms with van der Waals surface area (Å²) in [5.74, 6) is -0.148. The van der Waals surface area contributed by atoms with Crippen molar-refractivity contribution in [1.29, 1.82) is 0 Å². The first-order valence-electron chi connectivity index (χ1n) is 5.21. The largest absolute Gasteiger partial charge is 0.483 e. The summed E-state index contributed by atoms with van der Waals surface area (Å²) < 4.78 is 10.1. The number of Topliss-reactive ketones (excluding diaryl/α,β-unsaturated/α-hetero) is 1. The van der Waals surface area contributed by atoms with Crippen LogP contribution in [0.15, 0.2) is 41.0 Å². The molecule has 0 bridgehead atoms. The number of carbonyl (C=O) groups is 1. The number of benzene rings is 1. The topological polar surface area (TPSA) is 82.6 Å². The molecule has 7 heteroatoms. The van der Waals surface area contributed by atoms with Crippen LogP contribution in [0.25, 0.3) is 0 Å². The Morgan fingerprint density at radius 3 is 2.84 bits per heavy atom. The molecule has 0 radical (unpaired) electrons. The summed E-state index contributed by atoms with van der Waals surface area (Å²) in [6, 6.07) is 6.84. The predicted octanol–water partition coefficient (Wildman–Crippen LogP) is 3.10. The first kappa shape index (κ1) is 13.1. The summed E-state index contributed by atoms with van der Waals surface area (Å²) in [5.41, 5.74) is -0.162. The van der Waals surface area contributed by atoms with Crippen LogP contribution in [0.5, 0.6) is 5.75 Å². The zero-order valence-electron chi connectivity index (χ0n) is 9.54. The molecule has 0 atom stereocenters. The second-order valence-corrected chi connectivity index (χ2v) is 3.97. The highest BCUT2D eigenvalue weighted by atomic mass is 35.5. The number of ether oxygens (including phenoxy) is 1. The van der Waals surface area contributed by atoms with Crippen molar-refractivity contribution in [2.24, 2.45) is 0 Å². The number of nitrogens with zero attached hydrogens (tertiary/aromatic N) is 1. The van der Waals surface area contributed by atoms with Crippen LogP contribution in [0.1, 0.15) is 10.6 Å². The lowest BCUT2D eigenvalue weighted by molar-refractivity contribution is -0.384. The van der Waals surface area contributed by atoms with Crippen molar-refractivity contribution in [2.45, 2.75) is 0 Å². The summed E-state index contributed by atoms with van der Waals surface area (Å²) in [6.45, 7) is -0.311. The average molecular weight is 282 g/mol. The van der Waals surface area contributed by atoms with Crippen molar-refractivity contribution in [3.8, 4) is 5.75 Å². The van der Waals surface area contributed by atoms with E-state index in [1.54, 1.807) is 6.07 Å². The summed E-state index contributed by atoms with van der Waals surface area (Å²) in [6.07, 6.45) is 1.37. The van der Waals surface area contributed by atoms with Gasteiger partial charge in [-0.3, -0.25) is 14.9 Å². The lowest BCUT2D eigenvalue weighted by Gasteiger charge is -2.06. The Morgan fingerprint density at radius 1 is 1.42 bits per heavy atom. The van der Waals surface area contributed by atoms with Gasteiger partial charge in [-0.1, -0.05) is 11.6 Å². The zero-order chi connectivity index (χ0) is 13.8. The van der Waals surface area contributed by atoms with Gasteiger partial charge in [0.1, 0.15) is 5.75 Å². The van der Waals surface area contributed by atoms with E-state index in [2.05, 4.69) is 0 Å². The van der Waals surface area contributed by atoms with Gasteiger partial charge in [-0.2, -0.15) is 0 Å². The highest BCUT2D eigenvalue weighted by Gasteiger charge is 2.14. The Kier molecular flexibility index (Phi) is 3.82. The normalized spacial score (nSPS) is 10.2. The van der Waals surface area contributed by atoms with Crippen LogP contribution in [-0.4, -0.2) is 17.3 Å². The van der Waals surface area contributed by atoms with Crippen molar-refractivity contribution in [2.75, 3.05) is 6.61 Å². The summed E-state index contributed by atoms with van der Waals surface area (Å²) >= 11 is 5.83. The summed E-state index contributed by atoms with van der Waals surface area (Å²) in [4.78, 5) is 21.7. The Bertz CT molecular complexity index is 609. The van der Waals surface area contributed by atoms with Gasteiger partial charge in [-0.05, 0) is 18.2 Å². The molecule has 0 saturated heterocycles. The third-order valence-electron chi connectivity index (χ3n) is 2.28. The van der Waals surface area contributed by atoms with Crippen LogP contribution in [0, 0.1) is 10.1 Å². The Balaban J connectivity index is 2.09. The van der Waals surface area contributed by atoms with E-state index in [9.17, 15) is 14.9 Å². The van der Waals surface area contributed by atoms with Crippen LogP contribution >= 0.6 is 11.6 Å². The number of rotatable bonds is 5. The quantitative estimate of drug-likeness (QED) is 0.478. The molecule has 0 aliphatic carbocycles. The van der Waals surface area contributed by atoms with Gasteiger partial charge in [0.2, 0.25) is 5.78 Å². The van der Waals surface area contributed by atoms with Gasteiger partial charge >= 0.3 is 0 Å². The van der Waals surface area contributed by atoms with Gasteiger partial charge < -0.3 is 9.15 Å². The molecule has 19 heavy (non-hydrogen) atoms. The minimum Gasteiger partial charge on any atom is -0.483 e. The molecule has 0 aliphatic rings. The van der Waals surface area contributed by atoms with Crippen molar-refractivity contribution >= 4 is 23.1 Å². The Hall–Kier alpha value is -2.34. The number of non-ortho nitro benzene ring substituents is 1.